The maximum atomic E-state index is 12.9. The van der Waals surface area contributed by atoms with E-state index in [-0.39, 0.29) is 11.8 Å². The van der Waals surface area contributed by atoms with Crippen molar-refractivity contribution in [2.24, 2.45) is 5.92 Å². The van der Waals surface area contributed by atoms with Crippen LogP contribution in [0.25, 0.3) is 11.4 Å². The Labute approximate surface area is 154 Å². The van der Waals surface area contributed by atoms with Crippen LogP contribution in [-0.4, -0.2) is 39.3 Å². The van der Waals surface area contributed by atoms with Gasteiger partial charge in [-0.1, -0.05) is 44.2 Å². The Kier molecular flexibility index (Phi) is 5.40. The topological polar surface area (TPSA) is 78.1 Å². The molecule has 2 heterocycles. The number of rotatable bonds is 5. The third-order valence-electron chi connectivity index (χ3n) is 4.57. The van der Waals surface area contributed by atoms with Crippen LogP contribution < -0.4 is 5.32 Å². The first-order valence-electron chi connectivity index (χ1n) is 9.13. The van der Waals surface area contributed by atoms with Gasteiger partial charge in [0.25, 0.3) is 0 Å². The second-order valence-corrected chi connectivity index (χ2v) is 7.27. The molecule has 0 radical (unpaired) electrons. The molecule has 0 saturated carbocycles. The van der Waals surface area contributed by atoms with E-state index in [2.05, 4.69) is 24.1 Å². The molecule has 1 aliphatic heterocycles. The van der Waals surface area contributed by atoms with E-state index in [1.165, 1.54) is 6.92 Å². The molecule has 2 aromatic rings. The standard InChI is InChI=1S/C20H26N4O2/c1-13(2)11-17(21-14(3)25)20(26)24-10-9-16-18(12-24)23-19(22-16)15-7-5-4-6-8-15/h4-8,13,17H,9-12H2,1-3H3,(H,21,25)(H,22,23). The molecule has 2 amide bonds. The van der Waals surface area contributed by atoms with Crippen molar-refractivity contribution in [3.8, 4) is 11.4 Å². The maximum Gasteiger partial charge on any atom is 0.245 e. The number of carbonyl (C=O) groups is 2. The number of aromatic nitrogens is 2. The normalized spacial score (nSPS) is 14.8. The molecule has 6 nitrogen and oxygen atoms in total. The van der Waals surface area contributed by atoms with Gasteiger partial charge in [-0.25, -0.2) is 4.98 Å². The molecule has 0 aliphatic carbocycles. The Bertz CT molecular complexity index is 782. The molecule has 0 bridgehead atoms. The van der Waals surface area contributed by atoms with Crippen molar-refractivity contribution < 1.29 is 9.59 Å². The summed E-state index contributed by atoms with van der Waals surface area (Å²) in [6, 6.07) is 9.51. The van der Waals surface area contributed by atoms with Gasteiger partial charge >= 0.3 is 0 Å². The Balaban J connectivity index is 1.75. The fourth-order valence-corrected chi connectivity index (χ4v) is 3.37. The largest absolute Gasteiger partial charge is 0.345 e. The van der Waals surface area contributed by atoms with Gasteiger partial charge in [0.1, 0.15) is 11.9 Å². The van der Waals surface area contributed by atoms with E-state index < -0.39 is 6.04 Å². The molecule has 138 valence electrons. The summed E-state index contributed by atoms with van der Waals surface area (Å²) in [7, 11) is 0. The summed E-state index contributed by atoms with van der Waals surface area (Å²) < 4.78 is 0. The number of fused-ring (bicyclic) bond motifs is 1. The lowest BCUT2D eigenvalue weighted by Gasteiger charge is -2.30. The van der Waals surface area contributed by atoms with E-state index >= 15 is 0 Å². The monoisotopic (exact) mass is 354 g/mol. The lowest BCUT2D eigenvalue weighted by atomic mass is 10.0. The van der Waals surface area contributed by atoms with Crippen LogP contribution in [0.4, 0.5) is 0 Å². The van der Waals surface area contributed by atoms with Crippen molar-refractivity contribution in [1.29, 1.82) is 0 Å². The second-order valence-electron chi connectivity index (χ2n) is 7.27. The van der Waals surface area contributed by atoms with Crippen LogP contribution in [0.5, 0.6) is 0 Å². The zero-order valence-electron chi connectivity index (χ0n) is 15.6. The van der Waals surface area contributed by atoms with Gasteiger partial charge in [0.05, 0.1) is 17.9 Å². The number of nitrogens with zero attached hydrogens (tertiary/aromatic N) is 2. The predicted molar refractivity (Wildman–Crippen MR) is 100 cm³/mol. The smallest absolute Gasteiger partial charge is 0.245 e. The number of hydrogen-bond donors (Lipinski definition) is 2. The van der Waals surface area contributed by atoms with Crippen LogP contribution >= 0.6 is 0 Å². The molecule has 2 N–H and O–H groups in total. The third-order valence-corrected chi connectivity index (χ3v) is 4.57. The summed E-state index contributed by atoms with van der Waals surface area (Å²) in [5, 5.41) is 2.81. The molecule has 0 spiro atoms. The fraction of sp³-hybridized carbons (Fsp3) is 0.450. The summed E-state index contributed by atoms with van der Waals surface area (Å²) in [5.74, 6) is 0.975. The highest BCUT2D eigenvalue weighted by atomic mass is 16.2. The van der Waals surface area contributed by atoms with Gasteiger partial charge < -0.3 is 15.2 Å². The van der Waals surface area contributed by atoms with Crippen molar-refractivity contribution in [1.82, 2.24) is 20.2 Å². The van der Waals surface area contributed by atoms with Crippen molar-refractivity contribution in [2.75, 3.05) is 6.54 Å². The van der Waals surface area contributed by atoms with Gasteiger partial charge in [0.2, 0.25) is 11.8 Å². The molecule has 3 rings (SSSR count). The molecule has 1 atom stereocenters. The SMILES string of the molecule is CC(=O)NC(CC(C)C)C(=O)N1CCc2nc(-c3ccccc3)[nH]c2C1. The minimum atomic E-state index is -0.467. The number of benzene rings is 1. The van der Waals surface area contributed by atoms with Gasteiger partial charge in [-0.2, -0.15) is 0 Å². The molecule has 1 aromatic heterocycles. The average molecular weight is 354 g/mol. The first kappa shape index (κ1) is 18.2. The van der Waals surface area contributed by atoms with E-state index in [9.17, 15) is 9.59 Å². The molecule has 0 fully saturated rings. The third kappa shape index (κ3) is 4.12. The highest BCUT2D eigenvalue weighted by molar-refractivity contribution is 5.87. The summed E-state index contributed by atoms with van der Waals surface area (Å²) in [6.07, 6.45) is 1.36. The zero-order valence-corrected chi connectivity index (χ0v) is 15.6. The molecule has 26 heavy (non-hydrogen) atoms. The molecule has 1 unspecified atom stereocenters. The summed E-state index contributed by atoms with van der Waals surface area (Å²) in [5.41, 5.74) is 3.04. The van der Waals surface area contributed by atoms with Crippen molar-refractivity contribution in [3.05, 3.63) is 41.7 Å². The first-order chi connectivity index (χ1) is 12.4. The zero-order chi connectivity index (χ0) is 18.7. The first-order valence-corrected chi connectivity index (χ1v) is 9.13. The van der Waals surface area contributed by atoms with Crippen LogP contribution in [0, 0.1) is 5.92 Å². The van der Waals surface area contributed by atoms with Crippen LogP contribution in [0.1, 0.15) is 38.6 Å². The minimum Gasteiger partial charge on any atom is -0.345 e. The second kappa shape index (κ2) is 7.72. The number of amides is 2. The van der Waals surface area contributed by atoms with E-state index in [1.807, 2.05) is 35.2 Å². The molecule has 1 aromatic carbocycles. The number of H-pyrrole nitrogens is 1. The van der Waals surface area contributed by atoms with Crippen molar-refractivity contribution >= 4 is 11.8 Å². The Morgan fingerprint density at radius 1 is 1.27 bits per heavy atom. The summed E-state index contributed by atoms with van der Waals surface area (Å²) >= 11 is 0. The molecule has 0 saturated heterocycles. The van der Waals surface area contributed by atoms with Crippen LogP contribution in [-0.2, 0) is 22.6 Å². The Morgan fingerprint density at radius 3 is 2.65 bits per heavy atom. The van der Waals surface area contributed by atoms with Gasteiger partial charge in [-0.05, 0) is 12.3 Å². The average Bonchev–Trinajstić information content (AvgIpc) is 3.03. The maximum absolute atomic E-state index is 12.9. The van der Waals surface area contributed by atoms with Crippen LogP contribution in [0.15, 0.2) is 30.3 Å². The number of aromatic amines is 1. The summed E-state index contributed by atoms with van der Waals surface area (Å²) in [4.78, 5) is 34.3. The predicted octanol–water partition coefficient (Wildman–Crippen LogP) is 2.51. The highest BCUT2D eigenvalue weighted by Gasteiger charge is 2.30. The highest BCUT2D eigenvalue weighted by Crippen LogP contribution is 2.23. The lowest BCUT2D eigenvalue weighted by Crippen LogP contribution is -2.49. The van der Waals surface area contributed by atoms with Gasteiger partial charge in [0, 0.05) is 25.5 Å². The quantitative estimate of drug-likeness (QED) is 0.866. The van der Waals surface area contributed by atoms with Gasteiger partial charge in [-0.15, -0.1) is 0 Å². The molecular weight excluding hydrogens is 328 g/mol. The van der Waals surface area contributed by atoms with Crippen LogP contribution in [0.3, 0.4) is 0 Å². The van der Waals surface area contributed by atoms with E-state index in [4.69, 9.17) is 4.98 Å². The summed E-state index contributed by atoms with van der Waals surface area (Å²) in [6.45, 7) is 6.69. The number of imidazole rings is 1. The fourth-order valence-electron chi connectivity index (χ4n) is 3.37. The van der Waals surface area contributed by atoms with Gasteiger partial charge in [0.15, 0.2) is 0 Å². The minimum absolute atomic E-state index is 0.0181. The van der Waals surface area contributed by atoms with Crippen molar-refractivity contribution in [3.63, 3.8) is 0 Å². The molecule has 1 aliphatic rings. The number of carbonyl (C=O) groups excluding carboxylic acids is 2. The Hall–Kier alpha value is -2.63. The van der Waals surface area contributed by atoms with Gasteiger partial charge in [-0.3, -0.25) is 9.59 Å². The van der Waals surface area contributed by atoms with Crippen molar-refractivity contribution in [2.45, 2.75) is 46.2 Å². The Morgan fingerprint density at radius 2 is 2.00 bits per heavy atom. The van der Waals surface area contributed by atoms with E-state index in [0.717, 1.165) is 29.2 Å². The van der Waals surface area contributed by atoms with E-state index in [1.54, 1.807) is 0 Å². The number of nitrogens with one attached hydrogen (secondary N) is 2. The van der Waals surface area contributed by atoms with Crippen LogP contribution in [0.2, 0.25) is 0 Å². The molecule has 6 heteroatoms. The van der Waals surface area contributed by atoms with E-state index in [0.29, 0.717) is 25.4 Å². The lowest BCUT2D eigenvalue weighted by molar-refractivity contribution is -0.137. The number of hydrogen-bond acceptors (Lipinski definition) is 3. The molecular formula is C20H26N4O2.